The molecular formula is C26H28N6O4. The van der Waals surface area contributed by atoms with E-state index in [-0.39, 0.29) is 28.4 Å². The third-order valence-corrected chi connectivity index (χ3v) is 6.00. The van der Waals surface area contributed by atoms with E-state index in [9.17, 15) is 14.4 Å². The highest BCUT2D eigenvalue weighted by Crippen LogP contribution is 2.40. The van der Waals surface area contributed by atoms with Crippen LogP contribution in [0.3, 0.4) is 0 Å². The molecule has 3 heterocycles. The quantitative estimate of drug-likeness (QED) is 0.373. The molecule has 3 aromatic heterocycles. The zero-order chi connectivity index (χ0) is 25.2. The molecule has 0 bridgehead atoms. The van der Waals surface area contributed by atoms with E-state index >= 15 is 0 Å². The molecule has 10 heteroatoms. The third-order valence-electron chi connectivity index (χ3n) is 6.00. The van der Waals surface area contributed by atoms with Gasteiger partial charge >= 0.3 is 5.69 Å². The van der Waals surface area contributed by atoms with Gasteiger partial charge in [-0.2, -0.15) is 5.10 Å². The normalized spacial score (nSPS) is 13.3. The molecule has 1 aliphatic carbocycles. The Balaban J connectivity index is 1.45. The molecule has 10 nitrogen and oxygen atoms in total. The Kier molecular flexibility index (Phi) is 6.41. The molecule has 5 rings (SSSR count). The molecule has 1 saturated carbocycles. The molecule has 1 aromatic carbocycles. The lowest BCUT2D eigenvalue weighted by Gasteiger charge is -2.15. The minimum Gasteiger partial charge on any atom is -0.492 e. The van der Waals surface area contributed by atoms with Gasteiger partial charge in [-0.3, -0.25) is 23.8 Å². The summed E-state index contributed by atoms with van der Waals surface area (Å²) in [5.74, 6) is 0.533. The van der Waals surface area contributed by atoms with Crippen molar-refractivity contribution in [2.75, 3.05) is 11.9 Å². The molecule has 0 unspecified atom stereocenters. The molecule has 1 fully saturated rings. The fraction of sp³-hybridized carbons (Fsp3) is 0.346. The minimum absolute atomic E-state index is 0.115. The number of anilines is 1. The average molecular weight is 489 g/mol. The fourth-order valence-corrected chi connectivity index (χ4v) is 4.15. The molecule has 0 spiro atoms. The zero-order valence-electron chi connectivity index (χ0n) is 20.2. The van der Waals surface area contributed by atoms with Gasteiger partial charge < -0.3 is 10.1 Å². The van der Waals surface area contributed by atoms with Gasteiger partial charge in [-0.1, -0.05) is 19.9 Å². The van der Waals surface area contributed by atoms with Gasteiger partial charge in [-0.25, -0.2) is 9.78 Å². The molecule has 0 atom stereocenters. The first kappa shape index (κ1) is 23.5. The van der Waals surface area contributed by atoms with Crippen molar-refractivity contribution >= 4 is 22.6 Å². The Morgan fingerprint density at radius 1 is 1.22 bits per heavy atom. The number of aromatic nitrogens is 5. The van der Waals surface area contributed by atoms with Crippen molar-refractivity contribution in [2.24, 2.45) is 5.92 Å². The maximum Gasteiger partial charge on any atom is 0.330 e. The standard InChI is InChI=1S/C26H28N6O4/c1-16(2)15-32-23-22(25(34)30-26(32)35)20(14-21(29-23)17-7-8-17)24(33)28-18-5-3-6-19(13-18)36-12-11-31-10-4-9-27-31/h3-6,9-10,13-14,16-17H,7-8,11-12,15H2,1-2H3,(H,28,33)(H,30,34,35). The maximum absolute atomic E-state index is 13.4. The lowest BCUT2D eigenvalue weighted by atomic mass is 10.1. The number of carbonyl (C=O) groups is 1. The summed E-state index contributed by atoms with van der Waals surface area (Å²) in [6, 6.07) is 10.6. The molecule has 1 aliphatic rings. The summed E-state index contributed by atoms with van der Waals surface area (Å²) < 4.78 is 9.03. The zero-order valence-corrected chi connectivity index (χ0v) is 20.2. The monoisotopic (exact) mass is 488 g/mol. The van der Waals surface area contributed by atoms with E-state index in [1.807, 2.05) is 26.1 Å². The first-order chi connectivity index (χ1) is 17.4. The number of hydrogen-bond acceptors (Lipinski definition) is 6. The van der Waals surface area contributed by atoms with Crippen LogP contribution in [0.2, 0.25) is 0 Å². The molecule has 186 valence electrons. The molecule has 36 heavy (non-hydrogen) atoms. The van der Waals surface area contributed by atoms with E-state index in [1.54, 1.807) is 41.2 Å². The molecule has 4 aromatic rings. The van der Waals surface area contributed by atoms with Gasteiger partial charge in [-0.05, 0) is 43.0 Å². The van der Waals surface area contributed by atoms with E-state index in [4.69, 9.17) is 4.74 Å². The Bertz CT molecular complexity index is 1520. The molecule has 0 aliphatic heterocycles. The van der Waals surface area contributed by atoms with Gasteiger partial charge in [0.15, 0.2) is 5.65 Å². The molecule has 2 N–H and O–H groups in total. The van der Waals surface area contributed by atoms with Crippen LogP contribution >= 0.6 is 0 Å². The maximum atomic E-state index is 13.4. The highest BCUT2D eigenvalue weighted by Gasteiger charge is 2.29. The molecule has 0 saturated heterocycles. The number of nitrogens with one attached hydrogen (secondary N) is 2. The summed E-state index contributed by atoms with van der Waals surface area (Å²) >= 11 is 0. The van der Waals surface area contributed by atoms with E-state index < -0.39 is 17.2 Å². The summed E-state index contributed by atoms with van der Waals surface area (Å²) in [7, 11) is 0. The van der Waals surface area contributed by atoms with Crippen LogP contribution in [0.1, 0.15) is 48.7 Å². The highest BCUT2D eigenvalue weighted by molar-refractivity contribution is 6.12. The summed E-state index contributed by atoms with van der Waals surface area (Å²) in [6.07, 6.45) is 5.50. The Labute approximate surface area is 206 Å². The minimum atomic E-state index is -0.620. The number of H-pyrrole nitrogens is 1. The van der Waals surface area contributed by atoms with Gasteiger partial charge in [0.2, 0.25) is 0 Å². The van der Waals surface area contributed by atoms with Crippen molar-refractivity contribution < 1.29 is 9.53 Å². The SMILES string of the molecule is CC(C)Cn1c(=O)[nH]c(=O)c2c(C(=O)Nc3cccc(OCCn4cccn4)c3)cc(C3CC3)nc21. The number of pyridine rings is 1. The predicted octanol–water partition coefficient (Wildman–Crippen LogP) is 3.15. The fourth-order valence-electron chi connectivity index (χ4n) is 4.15. The van der Waals surface area contributed by atoms with Gasteiger partial charge in [-0.15, -0.1) is 0 Å². The average Bonchev–Trinajstić information content (AvgIpc) is 3.57. The van der Waals surface area contributed by atoms with E-state index in [0.717, 1.165) is 18.5 Å². The second-order valence-electron chi connectivity index (χ2n) is 9.43. The summed E-state index contributed by atoms with van der Waals surface area (Å²) in [5.41, 5.74) is 0.569. The topological polar surface area (TPSA) is 124 Å². The van der Waals surface area contributed by atoms with Crippen LogP contribution in [-0.2, 0) is 13.1 Å². The lowest BCUT2D eigenvalue weighted by molar-refractivity contribution is 0.102. The van der Waals surface area contributed by atoms with Crippen LogP contribution in [0.4, 0.5) is 5.69 Å². The number of benzene rings is 1. The Morgan fingerprint density at radius 3 is 2.78 bits per heavy atom. The third kappa shape index (κ3) is 5.07. The second-order valence-corrected chi connectivity index (χ2v) is 9.43. The number of rotatable bonds is 9. The van der Waals surface area contributed by atoms with E-state index in [0.29, 0.717) is 31.1 Å². The number of amides is 1. The largest absolute Gasteiger partial charge is 0.492 e. The van der Waals surface area contributed by atoms with Crippen molar-refractivity contribution in [3.05, 3.63) is 80.9 Å². The summed E-state index contributed by atoms with van der Waals surface area (Å²) in [6.45, 7) is 5.35. The molecule has 1 amide bonds. The van der Waals surface area contributed by atoms with Crippen LogP contribution in [0.5, 0.6) is 5.75 Å². The smallest absolute Gasteiger partial charge is 0.330 e. The van der Waals surface area contributed by atoms with Crippen molar-refractivity contribution in [1.82, 2.24) is 24.3 Å². The Hall–Kier alpha value is -4.21. The van der Waals surface area contributed by atoms with Gasteiger partial charge in [0.05, 0.1) is 17.5 Å². The number of aromatic amines is 1. The van der Waals surface area contributed by atoms with Crippen molar-refractivity contribution in [3.63, 3.8) is 0 Å². The summed E-state index contributed by atoms with van der Waals surface area (Å²) in [5, 5.41) is 7.14. The van der Waals surface area contributed by atoms with Crippen LogP contribution in [0, 0.1) is 5.92 Å². The first-order valence-electron chi connectivity index (χ1n) is 12.1. The van der Waals surface area contributed by atoms with Crippen molar-refractivity contribution in [1.29, 1.82) is 0 Å². The van der Waals surface area contributed by atoms with Crippen LogP contribution in [-0.4, -0.2) is 36.8 Å². The van der Waals surface area contributed by atoms with Crippen molar-refractivity contribution in [2.45, 2.75) is 45.7 Å². The molecule has 0 radical (unpaired) electrons. The van der Waals surface area contributed by atoms with Gasteiger partial charge in [0.25, 0.3) is 11.5 Å². The van der Waals surface area contributed by atoms with Crippen molar-refractivity contribution in [3.8, 4) is 5.75 Å². The van der Waals surface area contributed by atoms with E-state index in [1.165, 1.54) is 4.57 Å². The second kappa shape index (κ2) is 9.80. The van der Waals surface area contributed by atoms with Crippen LogP contribution < -0.4 is 21.3 Å². The van der Waals surface area contributed by atoms with Crippen LogP contribution in [0.25, 0.3) is 11.0 Å². The predicted molar refractivity (Wildman–Crippen MR) is 136 cm³/mol. The number of nitrogens with zero attached hydrogens (tertiary/aromatic N) is 4. The lowest BCUT2D eigenvalue weighted by Crippen LogP contribution is -2.33. The van der Waals surface area contributed by atoms with Gasteiger partial charge in [0.1, 0.15) is 12.4 Å². The first-order valence-corrected chi connectivity index (χ1v) is 12.1. The van der Waals surface area contributed by atoms with Crippen LogP contribution in [0.15, 0.2) is 58.4 Å². The van der Waals surface area contributed by atoms with E-state index in [2.05, 4.69) is 20.4 Å². The highest BCUT2D eigenvalue weighted by atomic mass is 16.5. The number of ether oxygens (including phenoxy) is 1. The number of hydrogen-bond donors (Lipinski definition) is 2. The number of fused-ring (bicyclic) bond motifs is 1. The molecular weight excluding hydrogens is 460 g/mol. The van der Waals surface area contributed by atoms with Gasteiger partial charge in [0, 0.05) is 42.3 Å². The summed E-state index contributed by atoms with van der Waals surface area (Å²) in [4.78, 5) is 45.9. The Morgan fingerprint density at radius 2 is 2.06 bits per heavy atom. The number of carbonyl (C=O) groups excluding carboxylic acids is 1.